The van der Waals surface area contributed by atoms with E-state index in [-0.39, 0.29) is 22.9 Å². The molecule has 1 aliphatic heterocycles. The number of halogens is 1. The average Bonchev–Trinajstić information content (AvgIpc) is 2.96. The first kappa shape index (κ1) is 26.2. The van der Waals surface area contributed by atoms with Crippen LogP contribution in [0.15, 0.2) is 81.1 Å². The Bertz CT molecular complexity index is 1630. The average molecular weight is 592 g/mol. The van der Waals surface area contributed by atoms with Gasteiger partial charge in [0.1, 0.15) is 0 Å². The molecule has 0 aliphatic carbocycles. The number of nitrogens with zero attached hydrogens (tertiary/aromatic N) is 5. The van der Waals surface area contributed by atoms with Gasteiger partial charge in [0.05, 0.1) is 35.3 Å². The number of rotatable bonds is 7. The van der Waals surface area contributed by atoms with Crippen molar-refractivity contribution in [2.75, 3.05) is 32.9 Å². The van der Waals surface area contributed by atoms with Crippen molar-refractivity contribution < 1.29 is 19.2 Å². The molecule has 0 saturated carbocycles. The lowest BCUT2D eigenvalue weighted by molar-refractivity contribution is -0.385. The van der Waals surface area contributed by atoms with Gasteiger partial charge in [0, 0.05) is 34.8 Å². The van der Waals surface area contributed by atoms with Crippen molar-refractivity contribution in [3.05, 3.63) is 97.2 Å². The van der Waals surface area contributed by atoms with Gasteiger partial charge < -0.3 is 14.4 Å². The van der Waals surface area contributed by atoms with Crippen molar-refractivity contribution in [1.29, 1.82) is 0 Å². The second kappa shape index (κ2) is 11.5. The van der Waals surface area contributed by atoms with Crippen LogP contribution in [0.4, 0.5) is 5.69 Å². The Morgan fingerprint density at radius 1 is 1.13 bits per heavy atom. The SMILES string of the molecule is O=C(COc1c(C=Nn2c(-c3ccccc3)nc3ccccc3c2=O)cc(Br)cc1[N+](=O)[O-])N1CCOCC1. The molecule has 0 radical (unpaired) electrons. The van der Waals surface area contributed by atoms with Crippen LogP contribution in [0.5, 0.6) is 5.75 Å². The van der Waals surface area contributed by atoms with Gasteiger partial charge in [0.25, 0.3) is 11.5 Å². The summed E-state index contributed by atoms with van der Waals surface area (Å²) in [6.45, 7) is 1.26. The molecule has 0 atom stereocenters. The molecule has 11 nitrogen and oxygen atoms in total. The number of benzene rings is 3. The number of amides is 1. The van der Waals surface area contributed by atoms with E-state index in [9.17, 15) is 19.7 Å². The van der Waals surface area contributed by atoms with Gasteiger partial charge in [-0.2, -0.15) is 9.78 Å². The number of hydrogen-bond acceptors (Lipinski definition) is 8. The number of aromatic nitrogens is 2. The Morgan fingerprint density at radius 2 is 1.85 bits per heavy atom. The zero-order valence-corrected chi connectivity index (χ0v) is 22.1. The normalized spacial score (nSPS) is 13.6. The summed E-state index contributed by atoms with van der Waals surface area (Å²) >= 11 is 3.29. The summed E-state index contributed by atoms with van der Waals surface area (Å²) in [5.74, 6) is -0.165. The minimum atomic E-state index is -0.601. The number of fused-ring (bicyclic) bond motifs is 1. The Hall–Kier alpha value is -4.42. The molecule has 1 amide bonds. The summed E-state index contributed by atoms with van der Waals surface area (Å²) in [5, 5.41) is 16.6. The van der Waals surface area contributed by atoms with E-state index < -0.39 is 17.1 Å². The molecule has 5 rings (SSSR count). The number of carbonyl (C=O) groups excluding carboxylic acids is 1. The van der Waals surface area contributed by atoms with Gasteiger partial charge in [-0.05, 0) is 18.2 Å². The van der Waals surface area contributed by atoms with Gasteiger partial charge in [0.15, 0.2) is 12.4 Å². The van der Waals surface area contributed by atoms with E-state index in [1.165, 1.54) is 12.3 Å². The molecule has 0 spiro atoms. The minimum absolute atomic E-state index is 0.142. The van der Waals surface area contributed by atoms with Crippen molar-refractivity contribution in [3.8, 4) is 17.1 Å². The first-order valence-electron chi connectivity index (χ1n) is 12.0. The molecule has 12 heteroatoms. The van der Waals surface area contributed by atoms with Crippen molar-refractivity contribution in [2.45, 2.75) is 0 Å². The molecule has 2 heterocycles. The Labute approximate surface area is 230 Å². The zero-order valence-electron chi connectivity index (χ0n) is 20.5. The highest BCUT2D eigenvalue weighted by Crippen LogP contribution is 2.34. The maximum atomic E-state index is 13.5. The van der Waals surface area contributed by atoms with Crippen molar-refractivity contribution in [3.63, 3.8) is 0 Å². The highest BCUT2D eigenvalue weighted by Gasteiger charge is 2.24. The summed E-state index contributed by atoms with van der Waals surface area (Å²) in [6.07, 6.45) is 1.29. The van der Waals surface area contributed by atoms with E-state index in [1.807, 2.05) is 18.2 Å². The van der Waals surface area contributed by atoms with Gasteiger partial charge in [-0.3, -0.25) is 19.7 Å². The van der Waals surface area contributed by atoms with Crippen LogP contribution in [-0.2, 0) is 9.53 Å². The topological polar surface area (TPSA) is 129 Å². The molecule has 1 aromatic heterocycles. The van der Waals surface area contributed by atoms with Crippen LogP contribution in [-0.4, -0.2) is 64.5 Å². The molecule has 1 aliphatic rings. The number of nitro benzene ring substituents is 1. The third-order valence-corrected chi connectivity index (χ3v) is 6.52. The van der Waals surface area contributed by atoms with Gasteiger partial charge >= 0.3 is 5.69 Å². The lowest BCUT2D eigenvalue weighted by Crippen LogP contribution is -2.43. The zero-order chi connectivity index (χ0) is 27.4. The van der Waals surface area contributed by atoms with Crippen LogP contribution in [0.3, 0.4) is 0 Å². The highest BCUT2D eigenvalue weighted by atomic mass is 79.9. The summed E-state index contributed by atoms with van der Waals surface area (Å²) in [6, 6.07) is 18.9. The van der Waals surface area contributed by atoms with E-state index >= 15 is 0 Å². The second-order valence-electron chi connectivity index (χ2n) is 8.56. The van der Waals surface area contributed by atoms with Crippen molar-refractivity contribution in [1.82, 2.24) is 14.6 Å². The standard InChI is InChI=1S/C27H22BrN5O6/c28-20-14-19(25(23(15-20)33(36)37)39-17-24(34)31-10-12-38-13-11-31)16-29-32-26(18-6-2-1-3-7-18)30-22-9-5-4-8-21(22)27(32)35/h1-9,14-16H,10-13,17H2. The molecular formula is C27H22BrN5O6. The van der Waals surface area contributed by atoms with Crippen LogP contribution >= 0.6 is 15.9 Å². The lowest BCUT2D eigenvalue weighted by Gasteiger charge is -2.26. The van der Waals surface area contributed by atoms with Gasteiger partial charge in [0.2, 0.25) is 5.75 Å². The number of carbonyl (C=O) groups is 1. The number of hydrogen-bond donors (Lipinski definition) is 0. The summed E-state index contributed by atoms with van der Waals surface area (Å²) < 4.78 is 12.5. The molecule has 39 heavy (non-hydrogen) atoms. The highest BCUT2D eigenvalue weighted by molar-refractivity contribution is 9.10. The molecule has 4 aromatic rings. The van der Waals surface area contributed by atoms with Gasteiger partial charge in [-0.15, -0.1) is 0 Å². The predicted molar refractivity (Wildman–Crippen MR) is 148 cm³/mol. The molecular weight excluding hydrogens is 570 g/mol. The van der Waals surface area contributed by atoms with Gasteiger partial charge in [-0.1, -0.05) is 58.4 Å². The van der Waals surface area contributed by atoms with Crippen LogP contribution < -0.4 is 10.3 Å². The van der Waals surface area contributed by atoms with E-state index in [0.717, 1.165) is 4.68 Å². The fraction of sp³-hybridized carbons (Fsp3) is 0.185. The minimum Gasteiger partial charge on any atom is -0.476 e. The van der Waals surface area contributed by atoms with Crippen molar-refractivity contribution >= 4 is 44.6 Å². The Balaban J connectivity index is 1.58. The van der Waals surface area contributed by atoms with Crippen LogP contribution in [0.2, 0.25) is 0 Å². The Morgan fingerprint density at radius 3 is 2.59 bits per heavy atom. The molecule has 0 N–H and O–H groups in total. The van der Waals surface area contributed by atoms with E-state index in [4.69, 9.17) is 9.47 Å². The van der Waals surface area contributed by atoms with Crippen LogP contribution in [0, 0.1) is 10.1 Å². The fourth-order valence-electron chi connectivity index (χ4n) is 4.15. The fourth-order valence-corrected chi connectivity index (χ4v) is 4.61. The van der Waals surface area contributed by atoms with Crippen LogP contribution in [0.25, 0.3) is 22.3 Å². The summed E-state index contributed by atoms with van der Waals surface area (Å²) in [5.41, 5.74) is 0.602. The Kier molecular flexibility index (Phi) is 7.75. The number of nitro groups is 1. The second-order valence-corrected chi connectivity index (χ2v) is 9.48. The molecule has 0 bridgehead atoms. The number of ether oxygens (including phenoxy) is 2. The molecule has 0 unspecified atom stereocenters. The summed E-state index contributed by atoms with van der Waals surface area (Å²) in [4.78, 5) is 43.6. The molecule has 1 fully saturated rings. The molecule has 3 aromatic carbocycles. The third-order valence-electron chi connectivity index (χ3n) is 6.06. The number of para-hydroxylation sites is 1. The molecule has 1 saturated heterocycles. The lowest BCUT2D eigenvalue weighted by atomic mass is 10.2. The molecule has 198 valence electrons. The van der Waals surface area contributed by atoms with Crippen molar-refractivity contribution in [2.24, 2.45) is 5.10 Å². The smallest absolute Gasteiger partial charge is 0.312 e. The first-order valence-corrected chi connectivity index (χ1v) is 12.8. The first-order chi connectivity index (χ1) is 18.9. The largest absolute Gasteiger partial charge is 0.476 e. The van der Waals surface area contributed by atoms with Crippen LogP contribution in [0.1, 0.15) is 5.56 Å². The quantitative estimate of drug-likeness (QED) is 0.181. The van der Waals surface area contributed by atoms with E-state index in [1.54, 1.807) is 47.4 Å². The monoisotopic (exact) mass is 591 g/mol. The maximum absolute atomic E-state index is 13.5. The summed E-state index contributed by atoms with van der Waals surface area (Å²) in [7, 11) is 0. The number of morpholine rings is 1. The maximum Gasteiger partial charge on any atom is 0.312 e. The van der Waals surface area contributed by atoms with E-state index in [0.29, 0.717) is 53.1 Å². The third kappa shape index (κ3) is 5.71. The van der Waals surface area contributed by atoms with Gasteiger partial charge in [-0.25, -0.2) is 4.98 Å². The van der Waals surface area contributed by atoms with E-state index in [2.05, 4.69) is 26.0 Å². The predicted octanol–water partition coefficient (Wildman–Crippen LogP) is 3.85.